The Kier molecular flexibility index (Phi) is 6.66. The van der Waals surface area contributed by atoms with E-state index in [0.29, 0.717) is 19.0 Å². The summed E-state index contributed by atoms with van der Waals surface area (Å²) >= 11 is 3.42. The Hall–Kier alpha value is -1.11. The summed E-state index contributed by atoms with van der Waals surface area (Å²) in [7, 11) is 0. The van der Waals surface area contributed by atoms with Crippen molar-refractivity contribution in [3.63, 3.8) is 0 Å². The fourth-order valence-corrected chi connectivity index (χ4v) is 3.97. The molecular weight excluding hydrogens is 394 g/mol. The van der Waals surface area contributed by atoms with Crippen molar-refractivity contribution in [2.45, 2.75) is 31.7 Å². The van der Waals surface area contributed by atoms with Crippen LogP contribution < -0.4 is 16.0 Å². The van der Waals surface area contributed by atoms with Gasteiger partial charge in [0, 0.05) is 29.2 Å². The predicted octanol–water partition coefficient (Wildman–Crippen LogP) is 2.47. The molecule has 3 unspecified atom stereocenters. The van der Waals surface area contributed by atoms with E-state index in [1.54, 1.807) is 4.90 Å². The SMILES string of the molecule is Cl.NCC1CCCC1NC(=O)C1CC(=O)N(c2cccc(Br)c2)C1. The Labute approximate surface area is 156 Å². The van der Waals surface area contributed by atoms with Crippen LogP contribution in [-0.4, -0.2) is 30.9 Å². The summed E-state index contributed by atoms with van der Waals surface area (Å²) in [5.74, 6) is 0.0870. The highest BCUT2D eigenvalue weighted by atomic mass is 79.9. The second-order valence-electron chi connectivity index (χ2n) is 6.43. The number of anilines is 1. The van der Waals surface area contributed by atoms with Crippen molar-refractivity contribution in [1.82, 2.24) is 5.32 Å². The van der Waals surface area contributed by atoms with Crippen LogP contribution in [0.4, 0.5) is 5.69 Å². The highest BCUT2D eigenvalue weighted by Gasteiger charge is 2.37. The van der Waals surface area contributed by atoms with Gasteiger partial charge in [-0.25, -0.2) is 0 Å². The largest absolute Gasteiger partial charge is 0.353 e. The maximum atomic E-state index is 12.5. The molecule has 0 spiro atoms. The molecular formula is C17H23BrClN3O2. The van der Waals surface area contributed by atoms with Crippen LogP contribution in [0, 0.1) is 11.8 Å². The molecule has 2 aliphatic rings. The Balaban J connectivity index is 0.00000208. The van der Waals surface area contributed by atoms with Crippen LogP contribution in [0.15, 0.2) is 28.7 Å². The number of rotatable bonds is 4. The smallest absolute Gasteiger partial charge is 0.227 e. The molecule has 2 amide bonds. The van der Waals surface area contributed by atoms with E-state index in [9.17, 15) is 9.59 Å². The number of halogens is 2. The van der Waals surface area contributed by atoms with Crippen LogP contribution in [0.2, 0.25) is 0 Å². The highest BCUT2D eigenvalue weighted by molar-refractivity contribution is 9.10. The Morgan fingerprint density at radius 3 is 2.88 bits per heavy atom. The molecule has 0 radical (unpaired) electrons. The van der Waals surface area contributed by atoms with Gasteiger partial charge in [-0.3, -0.25) is 9.59 Å². The molecule has 24 heavy (non-hydrogen) atoms. The van der Waals surface area contributed by atoms with E-state index in [1.165, 1.54) is 0 Å². The molecule has 1 saturated heterocycles. The quantitative estimate of drug-likeness (QED) is 0.792. The molecule has 1 heterocycles. The summed E-state index contributed by atoms with van der Waals surface area (Å²) in [5, 5.41) is 3.12. The molecule has 2 fully saturated rings. The van der Waals surface area contributed by atoms with Gasteiger partial charge in [-0.15, -0.1) is 12.4 Å². The van der Waals surface area contributed by atoms with Gasteiger partial charge in [0.05, 0.1) is 5.92 Å². The van der Waals surface area contributed by atoms with Crippen molar-refractivity contribution in [3.05, 3.63) is 28.7 Å². The molecule has 1 aromatic rings. The van der Waals surface area contributed by atoms with Crippen LogP contribution in [0.25, 0.3) is 0 Å². The van der Waals surface area contributed by atoms with Gasteiger partial charge in [0.1, 0.15) is 0 Å². The zero-order valence-electron chi connectivity index (χ0n) is 13.4. The first-order valence-electron chi connectivity index (χ1n) is 8.15. The monoisotopic (exact) mass is 415 g/mol. The number of amides is 2. The molecule has 3 atom stereocenters. The molecule has 0 aromatic heterocycles. The molecule has 3 N–H and O–H groups in total. The normalized spacial score (nSPS) is 26.3. The number of hydrogen-bond acceptors (Lipinski definition) is 3. The standard InChI is InChI=1S/C17H22BrN3O2.ClH/c18-13-4-2-5-14(8-13)21-10-12(7-16(21)22)17(23)20-15-6-1-3-11(15)9-19;/h2,4-5,8,11-12,15H,1,3,6-7,9-10,19H2,(H,20,23);1H. The number of nitrogens with two attached hydrogens (primary N) is 1. The lowest BCUT2D eigenvalue weighted by molar-refractivity contribution is -0.127. The Morgan fingerprint density at radius 2 is 2.17 bits per heavy atom. The maximum Gasteiger partial charge on any atom is 0.227 e. The molecule has 5 nitrogen and oxygen atoms in total. The molecule has 1 aromatic carbocycles. The topological polar surface area (TPSA) is 75.4 Å². The van der Waals surface area contributed by atoms with Crippen molar-refractivity contribution in [3.8, 4) is 0 Å². The summed E-state index contributed by atoms with van der Waals surface area (Å²) in [5.41, 5.74) is 6.60. The van der Waals surface area contributed by atoms with Crippen LogP contribution in [0.3, 0.4) is 0 Å². The lowest BCUT2D eigenvalue weighted by atomic mass is 10.0. The lowest BCUT2D eigenvalue weighted by Crippen LogP contribution is -2.43. The fourth-order valence-electron chi connectivity index (χ4n) is 3.59. The second-order valence-corrected chi connectivity index (χ2v) is 7.34. The molecule has 7 heteroatoms. The van der Waals surface area contributed by atoms with Gasteiger partial charge in [0.2, 0.25) is 11.8 Å². The van der Waals surface area contributed by atoms with Crippen molar-refractivity contribution >= 4 is 45.8 Å². The minimum atomic E-state index is -0.277. The zero-order chi connectivity index (χ0) is 16.4. The van der Waals surface area contributed by atoms with Gasteiger partial charge >= 0.3 is 0 Å². The highest BCUT2D eigenvalue weighted by Crippen LogP contribution is 2.29. The summed E-state index contributed by atoms with van der Waals surface area (Å²) < 4.78 is 0.924. The van der Waals surface area contributed by atoms with Gasteiger partial charge in [0.15, 0.2) is 0 Å². The molecule has 132 valence electrons. The molecule has 1 aliphatic heterocycles. The molecule has 0 bridgehead atoms. The second kappa shape index (κ2) is 8.32. The van der Waals surface area contributed by atoms with Crippen molar-refractivity contribution < 1.29 is 9.59 Å². The third-order valence-electron chi connectivity index (χ3n) is 4.91. The van der Waals surface area contributed by atoms with Gasteiger partial charge in [-0.1, -0.05) is 28.4 Å². The van der Waals surface area contributed by atoms with Gasteiger partial charge in [0.25, 0.3) is 0 Å². The average molecular weight is 417 g/mol. The number of benzene rings is 1. The van der Waals surface area contributed by atoms with E-state index in [-0.39, 0.29) is 42.6 Å². The summed E-state index contributed by atoms with van der Waals surface area (Å²) in [4.78, 5) is 26.5. The van der Waals surface area contributed by atoms with Crippen LogP contribution in [0.5, 0.6) is 0 Å². The third-order valence-corrected chi connectivity index (χ3v) is 5.40. The number of hydrogen-bond donors (Lipinski definition) is 2. The summed E-state index contributed by atoms with van der Waals surface area (Å²) in [6.45, 7) is 1.06. The average Bonchev–Trinajstić information content (AvgIpc) is 3.13. The Morgan fingerprint density at radius 1 is 1.38 bits per heavy atom. The van der Waals surface area contributed by atoms with Gasteiger partial charge < -0.3 is 16.0 Å². The predicted molar refractivity (Wildman–Crippen MR) is 100 cm³/mol. The first-order valence-corrected chi connectivity index (χ1v) is 8.94. The van der Waals surface area contributed by atoms with Crippen LogP contribution >= 0.6 is 28.3 Å². The van der Waals surface area contributed by atoms with Crippen molar-refractivity contribution in [2.24, 2.45) is 17.6 Å². The number of carbonyl (C=O) groups is 2. The summed E-state index contributed by atoms with van der Waals surface area (Å²) in [6.07, 6.45) is 3.46. The van der Waals surface area contributed by atoms with Gasteiger partial charge in [-0.2, -0.15) is 0 Å². The van der Waals surface area contributed by atoms with E-state index in [1.807, 2.05) is 24.3 Å². The number of nitrogens with zero attached hydrogens (tertiary/aromatic N) is 1. The minimum absolute atomic E-state index is 0. The molecule has 1 saturated carbocycles. The van der Waals surface area contributed by atoms with Crippen molar-refractivity contribution in [1.29, 1.82) is 0 Å². The summed E-state index contributed by atoms with van der Waals surface area (Å²) in [6, 6.07) is 7.78. The fraction of sp³-hybridized carbons (Fsp3) is 0.529. The zero-order valence-corrected chi connectivity index (χ0v) is 15.8. The molecule has 3 rings (SSSR count). The van der Waals surface area contributed by atoms with E-state index < -0.39 is 0 Å². The van der Waals surface area contributed by atoms with E-state index >= 15 is 0 Å². The number of nitrogens with one attached hydrogen (secondary N) is 1. The van der Waals surface area contributed by atoms with Crippen LogP contribution in [0.1, 0.15) is 25.7 Å². The minimum Gasteiger partial charge on any atom is -0.353 e. The Bertz CT molecular complexity index is 613. The van der Waals surface area contributed by atoms with Crippen molar-refractivity contribution in [2.75, 3.05) is 18.0 Å². The van der Waals surface area contributed by atoms with E-state index in [4.69, 9.17) is 5.73 Å². The first kappa shape index (κ1) is 19.2. The third kappa shape index (κ3) is 4.10. The van der Waals surface area contributed by atoms with Crippen LogP contribution in [-0.2, 0) is 9.59 Å². The lowest BCUT2D eigenvalue weighted by Gasteiger charge is -2.22. The number of carbonyl (C=O) groups excluding carboxylic acids is 2. The molecule has 1 aliphatic carbocycles. The van der Waals surface area contributed by atoms with E-state index in [2.05, 4.69) is 21.2 Å². The van der Waals surface area contributed by atoms with E-state index in [0.717, 1.165) is 29.4 Å². The maximum absolute atomic E-state index is 12.5. The van der Waals surface area contributed by atoms with Gasteiger partial charge in [-0.05, 0) is 43.5 Å². The first-order chi connectivity index (χ1) is 11.1.